The molecule has 1 unspecified atom stereocenters. The van der Waals surface area contributed by atoms with Crippen LogP contribution < -0.4 is 5.32 Å². The van der Waals surface area contributed by atoms with E-state index in [9.17, 15) is 4.39 Å². The standard InChI is InChI=1S/C15H20ClFN2/c16-15-6-3-12(17)8-11(15)10-19-7-1-2-14(19)9-18-13-4-5-13/h3,6,8,13-14,18H,1-2,4-5,7,9-10H2. The van der Waals surface area contributed by atoms with Gasteiger partial charge in [-0.3, -0.25) is 4.90 Å². The zero-order valence-electron chi connectivity index (χ0n) is 11.0. The van der Waals surface area contributed by atoms with E-state index in [1.54, 1.807) is 12.1 Å². The average Bonchev–Trinajstić information content (AvgIpc) is 3.12. The van der Waals surface area contributed by atoms with E-state index < -0.39 is 0 Å². The number of nitrogens with one attached hydrogen (secondary N) is 1. The van der Waals surface area contributed by atoms with Crippen LogP contribution in [0.2, 0.25) is 5.02 Å². The fraction of sp³-hybridized carbons (Fsp3) is 0.600. The van der Waals surface area contributed by atoms with Gasteiger partial charge in [0.2, 0.25) is 0 Å². The molecule has 4 heteroatoms. The van der Waals surface area contributed by atoms with Crippen LogP contribution in [0.1, 0.15) is 31.2 Å². The van der Waals surface area contributed by atoms with Crippen LogP contribution in [0.25, 0.3) is 0 Å². The van der Waals surface area contributed by atoms with Crippen LogP contribution in [-0.2, 0) is 6.54 Å². The van der Waals surface area contributed by atoms with Gasteiger partial charge in [0.15, 0.2) is 0 Å². The molecule has 1 aliphatic heterocycles. The molecule has 1 aromatic carbocycles. The van der Waals surface area contributed by atoms with E-state index in [2.05, 4.69) is 10.2 Å². The van der Waals surface area contributed by atoms with Gasteiger partial charge in [0.05, 0.1) is 0 Å². The van der Waals surface area contributed by atoms with Gasteiger partial charge in [-0.25, -0.2) is 4.39 Å². The van der Waals surface area contributed by atoms with Crippen molar-refractivity contribution in [2.45, 2.75) is 44.3 Å². The summed E-state index contributed by atoms with van der Waals surface area (Å²) in [4.78, 5) is 2.43. The van der Waals surface area contributed by atoms with E-state index in [0.29, 0.717) is 11.1 Å². The fourth-order valence-corrected chi connectivity index (χ4v) is 2.99. The second kappa shape index (κ2) is 5.78. The summed E-state index contributed by atoms with van der Waals surface area (Å²) in [5.41, 5.74) is 0.903. The first-order valence-corrected chi connectivity index (χ1v) is 7.51. The third kappa shape index (κ3) is 3.47. The molecule has 0 bridgehead atoms. The lowest BCUT2D eigenvalue weighted by Gasteiger charge is -2.25. The zero-order valence-corrected chi connectivity index (χ0v) is 11.8. The van der Waals surface area contributed by atoms with Crippen LogP contribution in [0.15, 0.2) is 18.2 Å². The van der Waals surface area contributed by atoms with Crippen molar-refractivity contribution in [3.63, 3.8) is 0 Å². The highest BCUT2D eigenvalue weighted by Gasteiger charge is 2.28. The summed E-state index contributed by atoms with van der Waals surface area (Å²) >= 11 is 6.15. The minimum atomic E-state index is -0.203. The maximum atomic E-state index is 13.3. The molecule has 1 N–H and O–H groups in total. The number of likely N-dealkylation sites (tertiary alicyclic amines) is 1. The Hall–Kier alpha value is -0.640. The minimum Gasteiger partial charge on any atom is -0.312 e. The fourth-order valence-electron chi connectivity index (χ4n) is 2.81. The summed E-state index contributed by atoms with van der Waals surface area (Å²) in [6.45, 7) is 2.90. The molecule has 1 saturated carbocycles. The Bertz CT molecular complexity index is 448. The maximum Gasteiger partial charge on any atom is 0.123 e. The van der Waals surface area contributed by atoms with E-state index in [1.807, 2.05) is 0 Å². The molecule has 0 spiro atoms. The molecule has 1 atom stereocenters. The lowest BCUT2D eigenvalue weighted by molar-refractivity contribution is 0.238. The van der Waals surface area contributed by atoms with Crippen LogP contribution in [0, 0.1) is 5.82 Å². The van der Waals surface area contributed by atoms with Gasteiger partial charge in [-0.15, -0.1) is 0 Å². The van der Waals surface area contributed by atoms with E-state index in [1.165, 1.54) is 31.7 Å². The third-order valence-corrected chi connectivity index (χ3v) is 4.47. The van der Waals surface area contributed by atoms with Crippen molar-refractivity contribution >= 4 is 11.6 Å². The van der Waals surface area contributed by atoms with Crippen molar-refractivity contribution in [3.05, 3.63) is 34.6 Å². The lowest BCUT2D eigenvalue weighted by Crippen LogP contribution is -2.38. The Morgan fingerprint density at radius 1 is 1.32 bits per heavy atom. The van der Waals surface area contributed by atoms with Gasteiger partial charge in [0, 0.05) is 30.2 Å². The van der Waals surface area contributed by atoms with E-state index >= 15 is 0 Å². The Balaban J connectivity index is 1.61. The molecular formula is C15H20ClFN2. The van der Waals surface area contributed by atoms with E-state index in [0.717, 1.165) is 31.2 Å². The predicted octanol–water partition coefficient (Wildman–Crippen LogP) is 3.20. The van der Waals surface area contributed by atoms with Crippen LogP contribution in [0.3, 0.4) is 0 Å². The third-order valence-electron chi connectivity index (χ3n) is 4.10. The predicted molar refractivity (Wildman–Crippen MR) is 75.9 cm³/mol. The summed E-state index contributed by atoms with van der Waals surface area (Å²) in [6.07, 6.45) is 5.10. The van der Waals surface area contributed by atoms with Crippen molar-refractivity contribution in [2.24, 2.45) is 0 Å². The lowest BCUT2D eigenvalue weighted by atomic mass is 10.1. The first kappa shape index (κ1) is 13.3. The molecule has 1 aliphatic carbocycles. The quantitative estimate of drug-likeness (QED) is 0.892. The summed E-state index contributed by atoms with van der Waals surface area (Å²) in [5, 5.41) is 4.26. The molecule has 0 aromatic heterocycles. The second-order valence-electron chi connectivity index (χ2n) is 5.68. The van der Waals surface area contributed by atoms with Crippen molar-refractivity contribution in [1.29, 1.82) is 0 Å². The molecule has 2 nitrogen and oxygen atoms in total. The van der Waals surface area contributed by atoms with Crippen LogP contribution in [-0.4, -0.2) is 30.1 Å². The first-order chi connectivity index (χ1) is 9.22. The number of nitrogens with zero attached hydrogens (tertiary/aromatic N) is 1. The molecule has 2 aliphatic rings. The number of halogens is 2. The maximum absolute atomic E-state index is 13.3. The monoisotopic (exact) mass is 282 g/mol. The SMILES string of the molecule is Fc1ccc(Cl)c(CN2CCCC2CNC2CC2)c1. The number of hydrogen-bond donors (Lipinski definition) is 1. The molecule has 0 radical (unpaired) electrons. The van der Waals surface area contributed by atoms with Gasteiger partial charge >= 0.3 is 0 Å². The van der Waals surface area contributed by atoms with Gasteiger partial charge in [0.1, 0.15) is 5.82 Å². The topological polar surface area (TPSA) is 15.3 Å². The van der Waals surface area contributed by atoms with Gasteiger partial charge in [-0.1, -0.05) is 11.6 Å². The molecule has 1 saturated heterocycles. The number of rotatable bonds is 5. The van der Waals surface area contributed by atoms with Crippen LogP contribution in [0.4, 0.5) is 4.39 Å². The second-order valence-corrected chi connectivity index (χ2v) is 6.09. The summed E-state index contributed by atoms with van der Waals surface area (Å²) in [5.74, 6) is -0.203. The molecule has 0 amide bonds. The molecule has 104 valence electrons. The van der Waals surface area contributed by atoms with Crippen LogP contribution >= 0.6 is 11.6 Å². The van der Waals surface area contributed by atoms with E-state index in [4.69, 9.17) is 11.6 Å². The first-order valence-electron chi connectivity index (χ1n) is 7.14. The average molecular weight is 283 g/mol. The van der Waals surface area contributed by atoms with Gasteiger partial charge in [-0.2, -0.15) is 0 Å². The van der Waals surface area contributed by atoms with Crippen molar-refractivity contribution in [1.82, 2.24) is 10.2 Å². The molecule has 19 heavy (non-hydrogen) atoms. The highest BCUT2D eigenvalue weighted by molar-refractivity contribution is 6.31. The smallest absolute Gasteiger partial charge is 0.123 e. The Morgan fingerprint density at radius 2 is 2.16 bits per heavy atom. The number of hydrogen-bond acceptors (Lipinski definition) is 2. The summed E-state index contributed by atoms with van der Waals surface area (Å²) in [7, 11) is 0. The van der Waals surface area contributed by atoms with E-state index in [-0.39, 0.29) is 5.82 Å². The largest absolute Gasteiger partial charge is 0.312 e. The Labute approximate surface area is 118 Å². The summed E-state index contributed by atoms with van der Waals surface area (Å²) < 4.78 is 13.3. The highest BCUT2D eigenvalue weighted by atomic mass is 35.5. The molecule has 1 aromatic rings. The highest BCUT2D eigenvalue weighted by Crippen LogP contribution is 2.25. The van der Waals surface area contributed by atoms with Crippen LogP contribution in [0.5, 0.6) is 0 Å². The van der Waals surface area contributed by atoms with Crippen molar-refractivity contribution < 1.29 is 4.39 Å². The summed E-state index contributed by atoms with van der Waals surface area (Å²) in [6, 6.07) is 5.95. The minimum absolute atomic E-state index is 0.203. The van der Waals surface area contributed by atoms with Crippen molar-refractivity contribution in [2.75, 3.05) is 13.1 Å². The normalized spacial score (nSPS) is 24.0. The zero-order chi connectivity index (χ0) is 13.2. The van der Waals surface area contributed by atoms with Gasteiger partial charge in [-0.05, 0) is 56.0 Å². The molecule has 3 rings (SSSR count). The Kier molecular flexibility index (Phi) is 4.06. The number of benzene rings is 1. The van der Waals surface area contributed by atoms with Gasteiger partial charge < -0.3 is 5.32 Å². The van der Waals surface area contributed by atoms with Gasteiger partial charge in [0.25, 0.3) is 0 Å². The molecule has 1 heterocycles. The molecular weight excluding hydrogens is 263 g/mol. The molecule has 2 fully saturated rings. The van der Waals surface area contributed by atoms with Crippen molar-refractivity contribution in [3.8, 4) is 0 Å². The Morgan fingerprint density at radius 3 is 2.95 bits per heavy atom.